The molecule has 108 valence electrons. The minimum atomic E-state index is -0.881. The van der Waals surface area contributed by atoms with E-state index in [9.17, 15) is 14.7 Å². The maximum Gasteiger partial charge on any atom is 0.307 e. The Bertz CT molecular complexity index is 542. The summed E-state index contributed by atoms with van der Waals surface area (Å²) in [4.78, 5) is 27.8. The minimum Gasteiger partial charge on any atom is -0.481 e. The first-order chi connectivity index (χ1) is 9.38. The van der Waals surface area contributed by atoms with Crippen LogP contribution >= 0.6 is 0 Å². The number of anilines is 1. The zero-order valence-electron chi connectivity index (χ0n) is 12.0. The number of aliphatic carboxylic acids is 1. The van der Waals surface area contributed by atoms with Gasteiger partial charge in [-0.15, -0.1) is 0 Å². The Morgan fingerprint density at radius 3 is 2.50 bits per heavy atom. The van der Waals surface area contributed by atoms with Gasteiger partial charge in [-0.1, -0.05) is 6.92 Å². The molecule has 1 aromatic rings. The molecule has 20 heavy (non-hydrogen) atoms. The summed E-state index contributed by atoms with van der Waals surface area (Å²) < 4.78 is 0. The van der Waals surface area contributed by atoms with Crippen molar-refractivity contribution in [3.63, 3.8) is 0 Å². The average molecular weight is 276 g/mol. The predicted molar refractivity (Wildman–Crippen MR) is 75.4 cm³/mol. The quantitative estimate of drug-likeness (QED) is 0.888. The van der Waals surface area contributed by atoms with Crippen LogP contribution in [0.15, 0.2) is 12.1 Å². The number of amides is 1. The Labute approximate surface area is 118 Å². The molecule has 1 aliphatic rings. The maximum atomic E-state index is 12.3. The molecule has 0 aliphatic heterocycles. The molecule has 2 rings (SSSR count). The summed E-state index contributed by atoms with van der Waals surface area (Å²) in [6, 6.07) is 3.64. The Kier molecular flexibility index (Phi) is 4.06. The number of aryl methyl sites for hydroxylation is 2. The summed E-state index contributed by atoms with van der Waals surface area (Å²) in [5.74, 6) is -1.86. The molecule has 1 saturated carbocycles. The third-order valence-electron chi connectivity index (χ3n) is 3.94. The van der Waals surface area contributed by atoms with E-state index in [4.69, 9.17) is 0 Å². The highest BCUT2D eigenvalue weighted by atomic mass is 16.4. The molecule has 0 saturated heterocycles. The van der Waals surface area contributed by atoms with Gasteiger partial charge in [0.25, 0.3) is 0 Å². The van der Waals surface area contributed by atoms with Crippen LogP contribution in [0, 0.1) is 31.6 Å². The minimum absolute atomic E-state index is 0.212. The molecule has 1 heterocycles. The lowest BCUT2D eigenvalue weighted by molar-refractivity contribution is -0.145. The number of carboxylic acids is 1. The Morgan fingerprint density at radius 2 is 1.90 bits per heavy atom. The third-order valence-corrected chi connectivity index (χ3v) is 3.94. The summed E-state index contributed by atoms with van der Waals surface area (Å²) >= 11 is 0. The monoisotopic (exact) mass is 276 g/mol. The summed E-state index contributed by atoms with van der Waals surface area (Å²) in [5, 5.41) is 12.0. The van der Waals surface area contributed by atoms with Crippen LogP contribution in [0.1, 0.15) is 31.2 Å². The molecule has 3 unspecified atom stereocenters. The number of pyridine rings is 1. The second-order valence-electron chi connectivity index (χ2n) is 5.70. The van der Waals surface area contributed by atoms with E-state index in [1.165, 1.54) is 0 Å². The standard InChI is InChI=1S/C15H20N2O3/c1-8-6-11(12(7-8)15(19)20)14(18)17-13-5-4-9(2)16-10(13)3/h4-5,8,11-12H,6-7H2,1-3H3,(H,17,18)(H,19,20). The van der Waals surface area contributed by atoms with E-state index in [2.05, 4.69) is 10.3 Å². The van der Waals surface area contributed by atoms with E-state index >= 15 is 0 Å². The Hall–Kier alpha value is -1.91. The van der Waals surface area contributed by atoms with Crippen molar-refractivity contribution >= 4 is 17.6 Å². The van der Waals surface area contributed by atoms with Gasteiger partial charge >= 0.3 is 5.97 Å². The Morgan fingerprint density at radius 1 is 1.25 bits per heavy atom. The molecule has 1 fully saturated rings. The molecular weight excluding hydrogens is 256 g/mol. The Balaban J connectivity index is 2.13. The van der Waals surface area contributed by atoms with E-state index in [0.717, 1.165) is 11.4 Å². The normalized spacial score (nSPS) is 25.4. The summed E-state index contributed by atoms with van der Waals surface area (Å²) in [7, 11) is 0. The van der Waals surface area contributed by atoms with Gasteiger partial charge in [0.05, 0.1) is 23.2 Å². The fourth-order valence-corrected chi connectivity index (χ4v) is 2.90. The fraction of sp³-hybridized carbons (Fsp3) is 0.533. The van der Waals surface area contributed by atoms with Crippen molar-refractivity contribution in [2.24, 2.45) is 17.8 Å². The third kappa shape index (κ3) is 2.98. The van der Waals surface area contributed by atoms with Crippen LogP contribution in [0.4, 0.5) is 5.69 Å². The SMILES string of the molecule is Cc1ccc(NC(=O)C2CC(C)CC2C(=O)O)c(C)n1. The molecule has 0 bridgehead atoms. The number of carboxylic acid groups (broad SMARTS) is 1. The van der Waals surface area contributed by atoms with Crippen molar-refractivity contribution in [2.75, 3.05) is 5.32 Å². The fourth-order valence-electron chi connectivity index (χ4n) is 2.90. The van der Waals surface area contributed by atoms with Gasteiger partial charge in [-0.3, -0.25) is 14.6 Å². The van der Waals surface area contributed by atoms with Crippen LogP contribution in [-0.4, -0.2) is 22.0 Å². The predicted octanol–water partition coefficient (Wildman–Crippen LogP) is 2.38. The van der Waals surface area contributed by atoms with E-state index in [1.807, 2.05) is 32.9 Å². The van der Waals surface area contributed by atoms with E-state index in [1.54, 1.807) is 0 Å². The lowest BCUT2D eigenvalue weighted by Gasteiger charge is -2.16. The lowest BCUT2D eigenvalue weighted by Crippen LogP contribution is -2.30. The van der Waals surface area contributed by atoms with E-state index in [-0.39, 0.29) is 11.8 Å². The van der Waals surface area contributed by atoms with Gasteiger partial charge in [0.15, 0.2) is 0 Å². The summed E-state index contributed by atoms with van der Waals surface area (Å²) in [6.45, 7) is 5.70. The zero-order valence-corrected chi connectivity index (χ0v) is 12.0. The molecule has 1 amide bonds. The van der Waals surface area contributed by atoms with Crippen LogP contribution in [-0.2, 0) is 9.59 Å². The van der Waals surface area contributed by atoms with Gasteiger partial charge in [0.2, 0.25) is 5.91 Å². The van der Waals surface area contributed by atoms with Crippen molar-refractivity contribution in [2.45, 2.75) is 33.6 Å². The van der Waals surface area contributed by atoms with Crippen molar-refractivity contribution in [3.05, 3.63) is 23.5 Å². The average Bonchev–Trinajstić information content (AvgIpc) is 2.75. The first-order valence-corrected chi connectivity index (χ1v) is 6.86. The van der Waals surface area contributed by atoms with Crippen LogP contribution in [0.5, 0.6) is 0 Å². The van der Waals surface area contributed by atoms with Gasteiger partial charge in [-0.25, -0.2) is 0 Å². The number of rotatable bonds is 3. The number of carbonyl (C=O) groups is 2. The molecule has 0 spiro atoms. The van der Waals surface area contributed by atoms with E-state index < -0.39 is 17.8 Å². The highest BCUT2D eigenvalue weighted by Crippen LogP contribution is 2.37. The van der Waals surface area contributed by atoms with Gasteiger partial charge in [0, 0.05) is 5.69 Å². The molecule has 5 nitrogen and oxygen atoms in total. The van der Waals surface area contributed by atoms with Gasteiger partial charge in [-0.05, 0) is 44.7 Å². The molecular formula is C15H20N2O3. The van der Waals surface area contributed by atoms with Gasteiger partial charge in [0.1, 0.15) is 0 Å². The topological polar surface area (TPSA) is 79.3 Å². The van der Waals surface area contributed by atoms with Gasteiger partial charge in [-0.2, -0.15) is 0 Å². The largest absolute Gasteiger partial charge is 0.481 e. The molecule has 2 N–H and O–H groups in total. The molecule has 5 heteroatoms. The number of nitrogens with one attached hydrogen (secondary N) is 1. The van der Waals surface area contributed by atoms with Crippen LogP contribution in [0.25, 0.3) is 0 Å². The van der Waals surface area contributed by atoms with Crippen molar-refractivity contribution < 1.29 is 14.7 Å². The molecule has 0 aromatic carbocycles. The number of carbonyl (C=O) groups excluding carboxylic acids is 1. The zero-order chi connectivity index (χ0) is 14.9. The highest BCUT2D eigenvalue weighted by Gasteiger charge is 2.41. The number of aromatic nitrogens is 1. The van der Waals surface area contributed by atoms with Crippen LogP contribution < -0.4 is 5.32 Å². The van der Waals surface area contributed by atoms with Crippen molar-refractivity contribution in [1.82, 2.24) is 4.98 Å². The smallest absolute Gasteiger partial charge is 0.307 e. The van der Waals surface area contributed by atoms with Crippen LogP contribution in [0.2, 0.25) is 0 Å². The molecule has 3 atom stereocenters. The van der Waals surface area contributed by atoms with Crippen molar-refractivity contribution in [3.8, 4) is 0 Å². The van der Waals surface area contributed by atoms with Crippen LogP contribution in [0.3, 0.4) is 0 Å². The molecule has 0 radical (unpaired) electrons. The lowest BCUT2D eigenvalue weighted by atomic mass is 9.95. The number of nitrogens with zero attached hydrogens (tertiary/aromatic N) is 1. The molecule has 1 aromatic heterocycles. The summed E-state index contributed by atoms with van der Waals surface area (Å²) in [6.07, 6.45) is 1.19. The van der Waals surface area contributed by atoms with E-state index in [0.29, 0.717) is 18.5 Å². The maximum absolute atomic E-state index is 12.3. The highest BCUT2D eigenvalue weighted by molar-refractivity contribution is 5.95. The van der Waals surface area contributed by atoms with Gasteiger partial charge < -0.3 is 10.4 Å². The summed E-state index contributed by atoms with van der Waals surface area (Å²) in [5.41, 5.74) is 2.29. The first kappa shape index (κ1) is 14.5. The number of hydrogen-bond acceptors (Lipinski definition) is 3. The number of hydrogen-bond donors (Lipinski definition) is 2. The first-order valence-electron chi connectivity index (χ1n) is 6.86. The second kappa shape index (κ2) is 5.61. The van der Waals surface area contributed by atoms with Crippen molar-refractivity contribution in [1.29, 1.82) is 0 Å². The molecule has 1 aliphatic carbocycles. The second-order valence-corrected chi connectivity index (χ2v) is 5.70.